The van der Waals surface area contributed by atoms with Crippen molar-refractivity contribution >= 4 is 27.8 Å². The summed E-state index contributed by atoms with van der Waals surface area (Å²) in [5.74, 6) is -2.63. The normalized spacial score (nSPS) is 15.9. The Balaban J connectivity index is 1.61. The van der Waals surface area contributed by atoms with Gasteiger partial charge in [-0.3, -0.25) is 14.9 Å². The molecule has 3 rings (SSSR count). The van der Waals surface area contributed by atoms with E-state index in [-0.39, 0.29) is 25.9 Å². The molecule has 8 nitrogen and oxygen atoms in total. The molecule has 2 aromatic carbocycles. The maximum Gasteiger partial charge on any atom is 0.314 e. The zero-order valence-electron chi connectivity index (χ0n) is 15.8. The number of nitrogens with zero attached hydrogens (tertiary/aromatic N) is 2. The van der Waals surface area contributed by atoms with Crippen molar-refractivity contribution in [3.8, 4) is 5.75 Å². The van der Waals surface area contributed by atoms with Gasteiger partial charge < -0.3 is 4.74 Å². The van der Waals surface area contributed by atoms with Crippen molar-refractivity contribution in [2.75, 3.05) is 13.1 Å². The van der Waals surface area contributed by atoms with E-state index in [0.29, 0.717) is 0 Å². The summed E-state index contributed by atoms with van der Waals surface area (Å²) in [6.07, 6.45) is 1.89. The second-order valence-corrected chi connectivity index (χ2v) is 8.54. The Morgan fingerprint density at radius 1 is 1.17 bits per heavy atom. The first kappa shape index (κ1) is 21.6. The van der Waals surface area contributed by atoms with Crippen molar-refractivity contribution in [2.24, 2.45) is 5.92 Å². The van der Waals surface area contributed by atoms with Crippen LogP contribution in [0.1, 0.15) is 18.4 Å². The highest BCUT2D eigenvalue weighted by molar-refractivity contribution is 7.92. The second kappa shape index (κ2) is 9.14. The number of hydrogen-bond donors (Lipinski definition) is 0. The Bertz CT molecular complexity index is 1060. The molecule has 1 heterocycles. The van der Waals surface area contributed by atoms with Crippen LogP contribution in [0.3, 0.4) is 0 Å². The van der Waals surface area contributed by atoms with Gasteiger partial charge in [0.05, 0.1) is 10.8 Å². The molecule has 0 aliphatic carbocycles. The fourth-order valence-electron chi connectivity index (χ4n) is 3.07. The van der Waals surface area contributed by atoms with Crippen LogP contribution in [-0.2, 0) is 14.8 Å². The van der Waals surface area contributed by atoms with Crippen LogP contribution >= 0.6 is 0 Å². The van der Waals surface area contributed by atoms with Crippen LogP contribution in [0.2, 0.25) is 0 Å². The number of hydrogen-bond acceptors (Lipinski definition) is 6. The van der Waals surface area contributed by atoms with Gasteiger partial charge in [0.25, 0.3) is 0 Å². The maximum atomic E-state index is 13.4. The first-order valence-corrected chi connectivity index (χ1v) is 10.7. The number of carbonyl (C=O) groups is 1. The number of nitro groups is 1. The molecule has 0 atom stereocenters. The third kappa shape index (κ3) is 5.28. The molecule has 158 valence electrons. The van der Waals surface area contributed by atoms with Crippen LogP contribution in [0.5, 0.6) is 5.75 Å². The third-order valence-electron chi connectivity index (χ3n) is 4.71. The fraction of sp³-hybridized carbons (Fsp3) is 0.250. The Morgan fingerprint density at radius 2 is 1.83 bits per heavy atom. The molecular weight excluding hydrogens is 415 g/mol. The lowest BCUT2D eigenvalue weighted by Crippen LogP contribution is -2.40. The number of ether oxygens (including phenoxy) is 1. The zero-order chi connectivity index (χ0) is 21.7. The summed E-state index contributed by atoms with van der Waals surface area (Å²) in [5, 5.41) is 12.1. The number of benzene rings is 2. The number of piperidine rings is 1. The summed E-state index contributed by atoms with van der Waals surface area (Å²) in [6.45, 7) is 0.207. The molecular formula is C20H19FN2O6S. The highest BCUT2D eigenvalue weighted by atomic mass is 32.2. The average molecular weight is 434 g/mol. The van der Waals surface area contributed by atoms with E-state index in [0.717, 1.165) is 29.2 Å². The molecule has 1 aliphatic heterocycles. The summed E-state index contributed by atoms with van der Waals surface area (Å²) in [4.78, 5) is 22.6. The topological polar surface area (TPSA) is 107 Å². The van der Waals surface area contributed by atoms with Crippen LogP contribution in [0.4, 0.5) is 10.1 Å². The lowest BCUT2D eigenvalue weighted by atomic mass is 9.98. The molecule has 0 radical (unpaired) electrons. The Kier molecular flexibility index (Phi) is 6.58. The highest BCUT2D eigenvalue weighted by Crippen LogP contribution is 2.30. The number of carbonyl (C=O) groups excluding carboxylic acids is 1. The van der Waals surface area contributed by atoms with E-state index in [1.165, 1.54) is 10.4 Å². The van der Waals surface area contributed by atoms with Crippen LogP contribution in [0, 0.1) is 21.8 Å². The Morgan fingerprint density at radius 3 is 2.47 bits per heavy atom. The van der Waals surface area contributed by atoms with E-state index in [2.05, 4.69) is 0 Å². The summed E-state index contributed by atoms with van der Waals surface area (Å²) < 4.78 is 44.7. The summed E-state index contributed by atoms with van der Waals surface area (Å²) in [7, 11) is -3.65. The molecule has 10 heteroatoms. The van der Waals surface area contributed by atoms with E-state index in [1.807, 2.05) is 6.07 Å². The molecule has 1 aliphatic rings. The summed E-state index contributed by atoms with van der Waals surface area (Å²) in [5.41, 5.74) is 0.229. The number of sulfonamides is 1. The van der Waals surface area contributed by atoms with Gasteiger partial charge in [-0.05, 0) is 30.5 Å². The van der Waals surface area contributed by atoms with Crippen molar-refractivity contribution < 1.29 is 27.3 Å². The quantitative estimate of drug-likeness (QED) is 0.299. The predicted molar refractivity (Wildman–Crippen MR) is 107 cm³/mol. The standard InChI is InChI=1S/C20H19FN2O6S/c21-17-6-7-18(23(25)26)19(14-17)29-20(24)16-8-11-22(12-9-16)30(27,28)13-10-15-4-2-1-3-5-15/h1-7,10,13-14,16H,8-9,11-12H2/b13-10+. The van der Waals surface area contributed by atoms with E-state index in [9.17, 15) is 27.7 Å². The largest absolute Gasteiger partial charge is 0.419 e. The monoisotopic (exact) mass is 434 g/mol. The minimum absolute atomic E-state index is 0.104. The number of esters is 1. The van der Waals surface area contributed by atoms with Gasteiger partial charge in [-0.25, -0.2) is 12.8 Å². The van der Waals surface area contributed by atoms with Crippen LogP contribution in [0.15, 0.2) is 53.9 Å². The molecule has 0 amide bonds. The highest BCUT2D eigenvalue weighted by Gasteiger charge is 2.32. The molecule has 0 N–H and O–H groups in total. The van der Waals surface area contributed by atoms with Gasteiger partial charge in [0.1, 0.15) is 5.82 Å². The third-order valence-corrected chi connectivity index (χ3v) is 6.27. The van der Waals surface area contributed by atoms with Crippen molar-refractivity contribution in [3.63, 3.8) is 0 Å². The number of nitro benzene ring substituents is 1. The molecule has 1 fully saturated rings. The van der Waals surface area contributed by atoms with Gasteiger partial charge in [0, 0.05) is 30.6 Å². The number of rotatable bonds is 6. The van der Waals surface area contributed by atoms with Crippen LogP contribution < -0.4 is 4.74 Å². The van der Waals surface area contributed by atoms with E-state index in [1.54, 1.807) is 24.3 Å². The molecule has 1 saturated heterocycles. The molecule has 2 aromatic rings. The van der Waals surface area contributed by atoms with Gasteiger partial charge in [0.15, 0.2) is 0 Å². The van der Waals surface area contributed by atoms with Crippen LogP contribution in [-0.4, -0.2) is 36.7 Å². The average Bonchev–Trinajstić information content (AvgIpc) is 2.73. The zero-order valence-corrected chi connectivity index (χ0v) is 16.6. The summed E-state index contributed by atoms with van der Waals surface area (Å²) in [6, 6.07) is 11.6. The molecule has 0 unspecified atom stereocenters. The smallest absolute Gasteiger partial charge is 0.314 e. The molecule has 0 bridgehead atoms. The van der Waals surface area contributed by atoms with Crippen molar-refractivity contribution in [1.29, 1.82) is 0 Å². The van der Waals surface area contributed by atoms with Gasteiger partial charge in [-0.15, -0.1) is 0 Å². The van der Waals surface area contributed by atoms with Crippen molar-refractivity contribution in [2.45, 2.75) is 12.8 Å². The SMILES string of the molecule is O=C(Oc1cc(F)ccc1[N+](=O)[O-])C1CCN(S(=O)(=O)/C=C/c2ccccc2)CC1. The second-order valence-electron chi connectivity index (χ2n) is 6.72. The van der Waals surface area contributed by atoms with Gasteiger partial charge >= 0.3 is 11.7 Å². The first-order valence-electron chi connectivity index (χ1n) is 9.15. The maximum absolute atomic E-state index is 13.4. The summed E-state index contributed by atoms with van der Waals surface area (Å²) >= 11 is 0. The molecule has 0 spiro atoms. The van der Waals surface area contributed by atoms with E-state index < -0.39 is 44.1 Å². The first-order chi connectivity index (χ1) is 14.3. The van der Waals surface area contributed by atoms with Gasteiger partial charge in [-0.1, -0.05) is 30.3 Å². The molecule has 0 aromatic heterocycles. The molecule has 30 heavy (non-hydrogen) atoms. The van der Waals surface area contributed by atoms with Crippen molar-refractivity contribution in [3.05, 3.63) is 75.4 Å². The number of halogens is 1. The minimum atomic E-state index is -3.65. The predicted octanol–water partition coefficient (Wildman–Crippen LogP) is 3.35. The van der Waals surface area contributed by atoms with Gasteiger partial charge in [0.2, 0.25) is 15.8 Å². The van der Waals surface area contributed by atoms with Crippen LogP contribution in [0.25, 0.3) is 6.08 Å². The van der Waals surface area contributed by atoms with Crippen molar-refractivity contribution in [1.82, 2.24) is 4.31 Å². The van der Waals surface area contributed by atoms with E-state index in [4.69, 9.17) is 4.74 Å². The lowest BCUT2D eigenvalue weighted by molar-refractivity contribution is -0.385. The lowest BCUT2D eigenvalue weighted by Gasteiger charge is -2.29. The molecule has 0 saturated carbocycles. The van der Waals surface area contributed by atoms with Gasteiger partial charge in [-0.2, -0.15) is 4.31 Å². The Labute approximate surface area is 172 Å². The van der Waals surface area contributed by atoms with E-state index >= 15 is 0 Å². The minimum Gasteiger partial charge on any atom is -0.419 e. The Hall–Kier alpha value is -3.11. The fourth-order valence-corrected chi connectivity index (χ4v) is 4.29.